The Balaban J connectivity index is 0.000000568. The molecule has 0 aliphatic carbocycles. The van der Waals surface area contributed by atoms with Crippen LogP contribution in [0.2, 0.25) is 0 Å². The van der Waals surface area contributed by atoms with E-state index in [0.29, 0.717) is 5.92 Å². The van der Waals surface area contributed by atoms with Gasteiger partial charge in [-0.1, -0.05) is 13.0 Å². The van der Waals surface area contributed by atoms with Gasteiger partial charge in [-0.25, -0.2) is 18.4 Å². The molecule has 2 aromatic carbocycles. The Morgan fingerprint density at radius 2 is 1.65 bits per heavy atom. The van der Waals surface area contributed by atoms with Gasteiger partial charge in [-0.3, -0.25) is 0 Å². The van der Waals surface area contributed by atoms with E-state index in [1.807, 2.05) is 6.07 Å². The van der Waals surface area contributed by atoms with Crippen molar-refractivity contribution >= 4 is 33.0 Å². The van der Waals surface area contributed by atoms with Gasteiger partial charge >= 0.3 is 22.1 Å². The van der Waals surface area contributed by atoms with Gasteiger partial charge in [0.1, 0.15) is 17.4 Å². The zero-order valence-corrected chi connectivity index (χ0v) is 21.2. The van der Waals surface area contributed by atoms with Crippen molar-refractivity contribution in [1.82, 2.24) is 9.47 Å². The first-order valence-corrected chi connectivity index (χ1v) is 13.0. The molecule has 2 N–H and O–H groups in total. The summed E-state index contributed by atoms with van der Waals surface area (Å²) in [7, 11) is -2.55. The number of carboxylic acid groups (broad SMARTS) is 2. The monoisotopic (exact) mass is 538 g/mol. The predicted molar refractivity (Wildman–Crippen MR) is 131 cm³/mol. The summed E-state index contributed by atoms with van der Waals surface area (Å²) < 4.78 is 60.6. The molecule has 0 atom stereocenters. The quantitative estimate of drug-likeness (QED) is 0.356. The van der Waals surface area contributed by atoms with Crippen LogP contribution in [0.15, 0.2) is 47.5 Å². The number of aliphatic carboxylic acids is 2. The smallest absolute Gasteiger partial charge is 0.414 e. The van der Waals surface area contributed by atoms with Gasteiger partial charge in [0.05, 0.1) is 0 Å². The topological polar surface area (TPSA) is 126 Å². The Kier molecular flexibility index (Phi) is 8.87. The van der Waals surface area contributed by atoms with Crippen molar-refractivity contribution in [2.24, 2.45) is 0 Å². The Morgan fingerprint density at radius 3 is 2.19 bits per heavy atom. The number of halogens is 2. The second-order valence-corrected chi connectivity index (χ2v) is 10.2. The third-order valence-corrected chi connectivity index (χ3v) is 7.37. The molecular weight excluding hydrogens is 510 g/mol. The van der Waals surface area contributed by atoms with E-state index in [4.69, 9.17) is 24.0 Å². The molecule has 1 aliphatic heterocycles. The highest BCUT2D eigenvalue weighted by Crippen LogP contribution is 2.36. The van der Waals surface area contributed by atoms with Crippen LogP contribution < -0.4 is 4.18 Å². The molecule has 3 aromatic rings. The minimum Gasteiger partial charge on any atom is -0.473 e. The van der Waals surface area contributed by atoms with Crippen LogP contribution in [0.25, 0.3) is 10.9 Å². The number of piperidine rings is 1. The van der Waals surface area contributed by atoms with Crippen molar-refractivity contribution in [3.05, 3.63) is 59.8 Å². The number of rotatable bonds is 6. The molecule has 0 amide bonds. The molecule has 1 saturated heterocycles. The van der Waals surface area contributed by atoms with Crippen LogP contribution in [0, 0.1) is 11.6 Å². The fourth-order valence-electron chi connectivity index (χ4n) is 4.32. The largest absolute Gasteiger partial charge is 0.473 e. The van der Waals surface area contributed by atoms with Crippen molar-refractivity contribution in [1.29, 1.82) is 0 Å². The zero-order chi connectivity index (χ0) is 27.3. The maximum absolute atomic E-state index is 14.0. The minimum atomic E-state index is -4.66. The lowest BCUT2D eigenvalue weighted by molar-refractivity contribution is -0.159. The lowest BCUT2D eigenvalue weighted by atomic mass is 9.89. The number of carboxylic acids is 2. The third kappa shape index (κ3) is 6.63. The van der Waals surface area contributed by atoms with Crippen LogP contribution >= 0.6 is 0 Å². The third-order valence-electron chi connectivity index (χ3n) is 6.06. The summed E-state index contributed by atoms with van der Waals surface area (Å²) >= 11 is 0. The first kappa shape index (κ1) is 28.1. The van der Waals surface area contributed by atoms with Crippen molar-refractivity contribution in [3.8, 4) is 5.75 Å². The Labute approximate surface area is 213 Å². The molecule has 0 radical (unpaired) electrons. The van der Waals surface area contributed by atoms with E-state index in [2.05, 4.69) is 29.6 Å². The van der Waals surface area contributed by atoms with Crippen molar-refractivity contribution in [3.63, 3.8) is 0 Å². The summed E-state index contributed by atoms with van der Waals surface area (Å²) in [5.74, 6) is -5.60. The number of aryl methyl sites for hydroxylation is 1. The molecular formula is C25H28F2N2O7S. The lowest BCUT2D eigenvalue weighted by Gasteiger charge is -2.28. The number of hydrogen-bond acceptors (Lipinski definition) is 6. The Hall–Kier alpha value is -3.51. The molecule has 12 heteroatoms. The van der Waals surface area contributed by atoms with Gasteiger partial charge in [0.2, 0.25) is 0 Å². The van der Waals surface area contributed by atoms with Crippen molar-refractivity contribution < 1.29 is 41.2 Å². The number of nitrogens with zero attached hydrogens (tertiary/aromatic N) is 2. The Morgan fingerprint density at radius 1 is 1.05 bits per heavy atom. The van der Waals surface area contributed by atoms with Crippen molar-refractivity contribution in [2.45, 2.75) is 43.5 Å². The molecule has 0 unspecified atom stereocenters. The highest BCUT2D eigenvalue weighted by Gasteiger charge is 2.27. The van der Waals surface area contributed by atoms with Gasteiger partial charge in [-0.05, 0) is 81.2 Å². The second kappa shape index (κ2) is 11.7. The molecule has 1 aliphatic rings. The fraction of sp³-hybridized carbons (Fsp3) is 0.360. The molecule has 9 nitrogen and oxygen atoms in total. The molecule has 200 valence electrons. The number of carbonyl (C=O) groups is 2. The summed E-state index contributed by atoms with van der Waals surface area (Å²) in [6.07, 6.45) is 5.16. The normalized spacial score (nSPS) is 14.7. The van der Waals surface area contributed by atoms with Gasteiger partial charge in [0.25, 0.3) is 0 Å². The van der Waals surface area contributed by atoms with Crippen LogP contribution in [0.3, 0.4) is 0 Å². The van der Waals surface area contributed by atoms with Gasteiger partial charge in [0, 0.05) is 23.6 Å². The Bertz CT molecular complexity index is 1370. The number of hydrogen-bond donors (Lipinski definition) is 2. The maximum Gasteiger partial charge on any atom is 0.414 e. The van der Waals surface area contributed by atoms with Crippen LogP contribution in [-0.4, -0.2) is 60.2 Å². The number of benzene rings is 2. The van der Waals surface area contributed by atoms with E-state index >= 15 is 0 Å². The molecule has 1 aromatic heterocycles. The van der Waals surface area contributed by atoms with Gasteiger partial charge in [-0.15, -0.1) is 0 Å². The van der Waals surface area contributed by atoms with Gasteiger partial charge in [-0.2, -0.15) is 8.42 Å². The van der Waals surface area contributed by atoms with Crippen molar-refractivity contribution in [2.75, 3.05) is 20.1 Å². The highest BCUT2D eigenvalue weighted by atomic mass is 32.2. The zero-order valence-electron chi connectivity index (χ0n) is 20.4. The number of fused-ring (bicyclic) bond motifs is 1. The van der Waals surface area contributed by atoms with Gasteiger partial charge < -0.3 is 23.9 Å². The average Bonchev–Trinajstić information content (AvgIpc) is 3.17. The maximum atomic E-state index is 14.0. The van der Waals surface area contributed by atoms with Crippen LogP contribution in [0.4, 0.5) is 8.78 Å². The minimum absolute atomic E-state index is 0.0404. The first-order chi connectivity index (χ1) is 17.4. The van der Waals surface area contributed by atoms with E-state index in [0.717, 1.165) is 73.6 Å². The lowest BCUT2D eigenvalue weighted by Crippen LogP contribution is -2.29. The summed E-state index contributed by atoms with van der Waals surface area (Å²) in [6, 6.07) is 7.91. The molecule has 37 heavy (non-hydrogen) atoms. The van der Waals surface area contributed by atoms with E-state index in [1.165, 1.54) is 6.07 Å². The van der Waals surface area contributed by atoms with E-state index in [-0.39, 0.29) is 5.75 Å². The molecule has 1 fully saturated rings. The number of likely N-dealkylation sites (tertiary alicyclic amines) is 1. The highest BCUT2D eigenvalue weighted by molar-refractivity contribution is 7.87. The van der Waals surface area contributed by atoms with Crippen LogP contribution in [0.1, 0.15) is 37.7 Å². The fourth-order valence-corrected chi connectivity index (χ4v) is 5.37. The number of aromatic nitrogens is 1. The molecule has 0 bridgehead atoms. The van der Waals surface area contributed by atoms with E-state index in [1.54, 1.807) is 6.07 Å². The average molecular weight is 539 g/mol. The summed E-state index contributed by atoms with van der Waals surface area (Å²) in [5, 5.41) is 15.7. The standard InChI is InChI=1S/C23H26F2N2O3S.C2H2O4/c1-3-11-27-15-19(16-9-12-26(2)13-10-16)18-14-17(7-8-22(18)27)30-31(28,29)23-20(24)5-4-6-21(23)25;3-1(4)2(5)6/h4-8,14-16H,3,9-13H2,1-2H3;(H,3,4)(H,5,6). The summed E-state index contributed by atoms with van der Waals surface area (Å²) in [5.41, 5.74) is 2.16. The second-order valence-electron chi connectivity index (χ2n) is 8.73. The molecule has 2 heterocycles. The van der Waals surface area contributed by atoms with Gasteiger partial charge in [0.15, 0.2) is 4.90 Å². The van der Waals surface area contributed by atoms with Crippen LogP contribution in [0.5, 0.6) is 5.75 Å². The summed E-state index contributed by atoms with van der Waals surface area (Å²) in [6.45, 7) is 4.96. The molecule has 0 spiro atoms. The predicted octanol–water partition coefficient (Wildman–Crippen LogP) is 4.06. The molecule has 0 saturated carbocycles. The van der Waals surface area contributed by atoms with Crippen LogP contribution in [-0.2, 0) is 26.3 Å². The summed E-state index contributed by atoms with van der Waals surface area (Å²) in [4.78, 5) is 19.4. The SMILES string of the molecule is CCCn1cc(C2CCN(C)CC2)c2cc(OS(=O)(=O)c3c(F)cccc3F)ccc21.O=C(O)C(=O)O. The first-order valence-electron chi connectivity index (χ1n) is 11.6. The molecule has 4 rings (SSSR count). The van der Waals surface area contributed by atoms with E-state index < -0.39 is 38.6 Å². The van der Waals surface area contributed by atoms with E-state index in [9.17, 15) is 17.2 Å².